The molecule has 0 bridgehead atoms. The molecule has 1 atom stereocenters. The Morgan fingerprint density at radius 1 is 0.727 bits per heavy atom. The zero-order valence-corrected chi connectivity index (χ0v) is 14.8. The summed E-state index contributed by atoms with van der Waals surface area (Å²) in [5, 5.41) is 9.26. The molecule has 0 aromatic heterocycles. The van der Waals surface area contributed by atoms with Gasteiger partial charge in [0.05, 0.1) is 0 Å². The smallest absolute Gasteiger partial charge is 0.246 e. The van der Waals surface area contributed by atoms with Crippen LogP contribution in [0.5, 0.6) is 0 Å². The fourth-order valence-corrected chi connectivity index (χ4v) is 2.85. The standard InChI is InChI=1S/C19H39NO2/c1-2-3-4-5-6-7-8-9-10-11-12-13-14-15-16-17-18(21)19(20)22/h18,21H,2-17H2,1H3,(H2,20,22). The third kappa shape index (κ3) is 15.8. The maximum Gasteiger partial charge on any atom is 0.246 e. The topological polar surface area (TPSA) is 63.3 Å². The number of rotatable bonds is 17. The first-order chi connectivity index (χ1) is 10.7. The van der Waals surface area contributed by atoms with E-state index in [-0.39, 0.29) is 0 Å². The summed E-state index contributed by atoms with van der Waals surface area (Å²) in [5.74, 6) is -0.592. The average molecular weight is 314 g/mol. The summed E-state index contributed by atoms with van der Waals surface area (Å²) in [5.41, 5.74) is 5.01. The van der Waals surface area contributed by atoms with Crippen molar-refractivity contribution in [2.45, 2.75) is 116 Å². The summed E-state index contributed by atoms with van der Waals surface area (Å²) in [6, 6.07) is 0. The van der Waals surface area contributed by atoms with Crippen molar-refractivity contribution in [3.8, 4) is 0 Å². The number of primary amides is 1. The van der Waals surface area contributed by atoms with Crippen molar-refractivity contribution in [2.75, 3.05) is 0 Å². The molecule has 0 spiro atoms. The summed E-state index contributed by atoms with van der Waals surface area (Å²) in [7, 11) is 0. The van der Waals surface area contributed by atoms with Crippen LogP contribution in [0.15, 0.2) is 0 Å². The van der Waals surface area contributed by atoms with Gasteiger partial charge in [0, 0.05) is 0 Å². The van der Waals surface area contributed by atoms with Crippen LogP contribution in [-0.4, -0.2) is 17.1 Å². The lowest BCUT2D eigenvalue weighted by Gasteiger charge is -2.06. The van der Waals surface area contributed by atoms with Crippen LogP contribution in [0.2, 0.25) is 0 Å². The van der Waals surface area contributed by atoms with E-state index in [0.29, 0.717) is 6.42 Å². The number of carbonyl (C=O) groups is 1. The average Bonchev–Trinajstić information content (AvgIpc) is 2.50. The molecule has 0 aliphatic rings. The van der Waals surface area contributed by atoms with E-state index in [9.17, 15) is 9.90 Å². The third-order valence-electron chi connectivity index (χ3n) is 4.41. The molecule has 0 aromatic rings. The summed E-state index contributed by atoms with van der Waals surface area (Å²) in [4.78, 5) is 10.7. The predicted octanol–water partition coefficient (Wildman–Crippen LogP) is 5.09. The lowest BCUT2D eigenvalue weighted by Crippen LogP contribution is -2.27. The first-order valence-corrected chi connectivity index (χ1v) is 9.66. The molecule has 0 heterocycles. The Hall–Kier alpha value is -0.570. The molecule has 0 fully saturated rings. The van der Waals surface area contributed by atoms with E-state index in [0.717, 1.165) is 12.8 Å². The van der Waals surface area contributed by atoms with Gasteiger partial charge in [0.25, 0.3) is 0 Å². The van der Waals surface area contributed by atoms with Gasteiger partial charge in [0.1, 0.15) is 6.10 Å². The largest absolute Gasteiger partial charge is 0.383 e. The Morgan fingerprint density at radius 3 is 1.36 bits per heavy atom. The summed E-state index contributed by atoms with van der Waals surface area (Å²) in [6.07, 6.45) is 19.4. The molecule has 132 valence electrons. The van der Waals surface area contributed by atoms with Gasteiger partial charge in [-0.15, -0.1) is 0 Å². The monoisotopic (exact) mass is 313 g/mol. The van der Waals surface area contributed by atoms with E-state index in [4.69, 9.17) is 5.73 Å². The fourth-order valence-electron chi connectivity index (χ4n) is 2.85. The molecular formula is C19H39NO2. The molecular weight excluding hydrogens is 274 g/mol. The number of amides is 1. The molecule has 0 aromatic carbocycles. The van der Waals surface area contributed by atoms with Crippen molar-refractivity contribution in [1.82, 2.24) is 0 Å². The Labute approximate surface area is 138 Å². The second kappa shape index (κ2) is 16.8. The van der Waals surface area contributed by atoms with Gasteiger partial charge in [-0.25, -0.2) is 0 Å². The van der Waals surface area contributed by atoms with Gasteiger partial charge in [-0.3, -0.25) is 4.79 Å². The quantitative estimate of drug-likeness (QED) is 0.367. The highest BCUT2D eigenvalue weighted by atomic mass is 16.3. The molecule has 1 amide bonds. The fraction of sp³-hybridized carbons (Fsp3) is 0.947. The zero-order chi connectivity index (χ0) is 16.5. The minimum Gasteiger partial charge on any atom is -0.383 e. The molecule has 3 nitrogen and oxygen atoms in total. The summed E-state index contributed by atoms with van der Waals surface area (Å²) >= 11 is 0. The normalized spacial score (nSPS) is 12.5. The first kappa shape index (κ1) is 21.4. The van der Waals surface area contributed by atoms with Gasteiger partial charge in [0.15, 0.2) is 0 Å². The van der Waals surface area contributed by atoms with Crippen LogP contribution in [0.4, 0.5) is 0 Å². The first-order valence-electron chi connectivity index (χ1n) is 9.66. The lowest BCUT2D eigenvalue weighted by molar-refractivity contribution is -0.126. The van der Waals surface area contributed by atoms with Crippen molar-refractivity contribution in [2.24, 2.45) is 5.73 Å². The molecule has 3 N–H and O–H groups in total. The van der Waals surface area contributed by atoms with E-state index in [1.807, 2.05) is 0 Å². The van der Waals surface area contributed by atoms with Crippen LogP contribution in [-0.2, 0) is 4.79 Å². The van der Waals surface area contributed by atoms with E-state index < -0.39 is 12.0 Å². The summed E-state index contributed by atoms with van der Waals surface area (Å²) < 4.78 is 0. The second-order valence-electron chi connectivity index (χ2n) is 6.66. The maximum atomic E-state index is 10.7. The van der Waals surface area contributed by atoms with E-state index >= 15 is 0 Å². The maximum absolute atomic E-state index is 10.7. The highest BCUT2D eigenvalue weighted by Crippen LogP contribution is 2.13. The minimum atomic E-state index is -0.943. The Bertz CT molecular complexity index is 244. The SMILES string of the molecule is CCCCCCCCCCCCCCCCCC(O)C(N)=O. The van der Waals surface area contributed by atoms with Gasteiger partial charge in [-0.2, -0.15) is 0 Å². The van der Waals surface area contributed by atoms with Gasteiger partial charge >= 0.3 is 0 Å². The molecule has 3 heteroatoms. The number of nitrogens with two attached hydrogens (primary N) is 1. The molecule has 0 radical (unpaired) electrons. The van der Waals surface area contributed by atoms with Gasteiger partial charge in [0.2, 0.25) is 5.91 Å². The molecule has 0 aliphatic carbocycles. The highest BCUT2D eigenvalue weighted by Gasteiger charge is 2.09. The number of hydrogen-bond donors (Lipinski definition) is 2. The molecule has 22 heavy (non-hydrogen) atoms. The second-order valence-corrected chi connectivity index (χ2v) is 6.66. The van der Waals surface area contributed by atoms with Gasteiger partial charge in [-0.05, 0) is 6.42 Å². The molecule has 0 saturated carbocycles. The molecule has 0 aliphatic heterocycles. The van der Waals surface area contributed by atoms with Crippen molar-refractivity contribution in [1.29, 1.82) is 0 Å². The van der Waals surface area contributed by atoms with E-state index in [2.05, 4.69) is 6.92 Å². The highest BCUT2D eigenvalue weighted by molar-refractivity contribution is 5.78. The predicted molar refractivity (Wildman–Crippen MR) is 94.7 cm³/mol. The van der Waals surface area contributed by atoms with Crippen LogP contribution in [0.3, 0.4) is 0 Å². The van der Waals surface area contributed by atoms with Crippen molar-refractivity contribution >= 4 is 5.91 Å². The number of unbranched alkanes of at least 4 members (excludes halogenated alkanes) is 14. The van der Waals surface area contributed by atoms with Crippen molar-refractivity contribution < 1.29 is 9.90 Å². The van der Waals surface area contributed by atoms with Crippen LogP contribution < -0.4 is 5.73 Å². The number of aliphatic hydroxyl groups is 1. The molecule has 0 saturated heterocycles. The Morgan fingerprint density at radius 2 is 1.05 bits per heavy atom. The van der Waals surface area contributed by atoms with Crippen LogP contribution >= 0.6 is 0 Å². The van der Waals surface area contributed by atoms with Crippen LogP contribution in [0.1, 0.15) is 110 Å². The molecule has 1 unspecified atom stereocenters. The van der Waals surface area contributed by atoms with Crippen molar-refractivity contribution in [3.63, 3.8) is 0 Å². The van der Waals surface area contributed by atoms with E-state index in [1.165, 1.54) is 83.5 Å². The Kier molecular flexibility index (Phi) is 16.4. The van der Waals surface area contributed by atoms with Gasteiger partial charge < -0.3 is 10.8 Å². The van der Waals surface area contributed by atoms with Crippen molar-refractivity contribution in [3.05, 3.63) is 0 Å². The number of aliphatic hydroxyl groups excluding tert-OH is 1. The Balaban J connectivity index is 3.04. The van der Waals surface area contributed by atoms with Crippen LogP contribution in [0.25, 0.3) is 0 Å². The number of hydrogen-bond acceptors (Lipinski definition) is 2. The summed E-state index contributed by atoms with van der Waals surface area (Å²) in [6.45, 7) is 2.27. The van der Waals surface area contributed by atoms with E-state index in [1.54, 1.807) is 0 Å². The van der Waals surface area contributed by atoms with Gasteiger partial charge in [-0.1, -0.05) is 103 Å². The van der Waals surface area contributed by atoms with Crippen LogP contribution in [0, 0.1) is 0 Å². The lowest BCUT2D eigenvalue weighted by atomic mass is 10.0. The zero-order valence-electron chi connectivity index (χ0n) is 14.8. The third-order valence-corrected chi connectivity index (χ3v) is 4.41. The molecule has 0 rings (SSSR count). The number of carbonyl (C=O) groups excluding carboxylic acids is 1. The minimum absolute atomic E-state index is 0.521.